The lowest BCUT2D eigenvalue weighted by molar-refractivity contribution is 0.0940. The molecule has 0 radical (unpaired) electrons. The van der Waals surface area contributed by atoms with Crippen molar-refractivity contribution >= 4 is 15.7 Å². The van der Waals surface area contributed by atoms with E-state index in [1.54, 1.807) is 12.1 Å². The van der Waals surface area contributed by atoms with Crippen molar-refractivity contribution in [2.24, 2.45) is 0 Å². The number of carbonyl (C=O) groups excluding carboxylic acids is 1. The number of hydrogen-bond acceptors (Lipinski definition) is 5. The molecule has 2 N–H and O–H groups in total. The third-order valence-electron chi connectivity index (χ3n) is 4.89. The van der Waals surface area contributed by atoms with E-state index in [9.17, 15) is 18.0 Å². The van der Waals surface area contributed by atoms with Crippen LogP contribution in [0.2, 0.25) is 0 Å². The minimum absolute atomic E-state index is 0.0332. The van der Waals surface area contributed by atoms with Gasteiger partial charge >= 0.3 is 0 Å². The van der Waals surface area contributed by atoms with E-state index in [-0.39, 0.29) is 17.1 Å². The van der Waals surface area contributed by atoms with Crippen molar-refractivity contribution in [2.45, 2.75) is 12.5 Å². The topological polar surface area (TPSA) is 109 Å². The Kier molecular flexibility index (Phi) is 5.02. The Hall–Kier alpha value is -3.26. The van der Waals surface area contributed by atoms with Crippen LogP contribution in [-0.4, -0.2) is 42.1 Å². The van der Waals surface area contributed by atoms with Crippen molar-refractivity contribution in [2.75, 3.05) is 11.5 Å². The van der Waals surface area contributed by atoms with Crippen LogP contribution in [0, 0.1) is 0 Å². The molecular weight excluding hydrogens is 390 g/mol. The predicted octanol–water partition coefficient (Wildman–Crippen LogP) is 2.02. The van der Waals surface area contributed by atoms with Gasteiger partial charge in [0.1, 0.15) is 5.56 Å². The number of carbonyl (C=O) groups is 1. The summed E-state index contributed by atoms with van der Waals surface area (Å²) in [5.41, 5.74) is 1.62. The molecule has 1 saturated heterocycles. The Morgan fingerprint density at radius 3 is 2.21 bits per heavy atom. The van der Waals surface area contributed by atoms with Gasteiger partial charge in [-0.1, -0.05) is 60.7 Å². The van der Waals surface area contributed by atoms with Crippen LogP contribution in [-0.2, 0) is 9.84 Å². The molecule has 0 aliphatic carbocycles. The predicted molar refractivity (Wildman–Crippen MR) is 110 cm³/mol. The van der Waals surface area contributed by atoms with E-state index in [0.717, 1.165) is 5.56 Å². The lowest BCUT2D eigenvalue weighted by atomic mass is 9.95. The third kappa shape index (κ3) is 3.97. The van der Waals surface area contributed by atoms with Crippen molar-refractivity contribution in [3.05, 3.63) is 76.6 Å². The van der Waals surface area contributed by atoms with Crippen LogP contribution in [0.3, 0.4) is 0 Å². The van der Waals surface area contributed by atoms with Crippen molar-refractivity contribution < 1.29 is 13.2 Å². The van der Waals surface area contributed by atoms with Crippen molar-refractivity contribution in [1.29, 1.82) is 0 Å². The first-order valence-electron chi connectivity index (χ1n) is 9.19. The van der Waals surface area contributed by atoms with Gasteiger partial charge in [-0.15, -0.1) is 0 Å². The van der Waals surface area contributed by atoms with E-state index in [1.807, 2.05) is 48.5 Å². The molecule has 1 aliphatic heterocycles. The summed E-state index contributed by atoms with van der Waals surface area (Å²) in [6.07, 6.45) is 0.337. The molecule has 0 spiro atoms. The van der Waals surface area contributed by atoms with Crippen LogP contribution in [0.4, 0.5) is 0 Å². The van der Waals surface area contributed by atoms with Gasteiger partial charge in [0.2, 0.25) is 0 Å². The minimum Gasteiger partial charge on any atom is -0.348 e. The maximum absolute atomic E-state index is 13.1. The number of benzene rings is 2. The molecule has 7 nitrogen and oxygen atoms in total. The zero-order chi connectivity index (χ0) is 20.4. The van der Waals surface area contributed by atoms with Crippen LogP contribution < -0.4 is 10.9 Å². The molecule has 2 aromatic carbocycles. The highest BCUT2D eigenvalue weighted by Crippen LogP contribution is 2.31. The van der Waals surface area contributed by atoms with E-state index in [4.69, 9.17) is 0 Å². The van der Waals surface area contributed by atoms with E-state index >= 15 is 0 Å². The Morgan fingerprint density at radius 2 is 1.62 bits per heavy atom. The Bertz CT molecular complexity index is 1210. The number of sulfone groups is 1. The normalized spacial score (nSPS) is 17.7. The molecule has 8 heteroatoms. The van der Waals surface area contributed by atoms with E-state index in [0.29, 0.717) is 23.2 Å². The van der Waals surface area contributed by atoms with Gasteiger partial charge < -0.3 is 5.32 Å². The number of aromatic amines is 1. The summed E-state index contributed by atoms with van der Waals surface area (Å²) in [4.78, 5) is 25.7. The molecular formula is C21H19N3O4S. The number of rotatable bonds is 4. The number of nitrogens with zero attached hydrogens (tertiary/aromatic N) is 1. The molecule has 148 valence electrons. The van der Waals surface area contributed by atoms with Crippen molar-refractivity contribution in [3.8, 4) is 22.4 Å². The molecule has 29 heavy (non-hydrogen) atoms. The average Bonchev–Trinajstić information content (AvgIpc) is 3.07. The Balaban J connectivity index is 1.85. The molecule has 0 saturated carbocycles. The second-order valence-corrected chi connectivity index (χ2v) is 9.19. The highest BCUT2D eigenvalue weighted by Gasteiger charge is 2.31. The van der Waals surface area contributed by atoms with Gasteiger partial charge in [0.05, 0.1) is 17.2 Å². The second-order valence-electron chi connectivity index (χ2n) is 6.96. The van der Waals surface area contributed by atoms with Gasteiger partial charge in [0, 0.05) is 17.2 Å². The summed E-state index contributed by atoms with van der Waals surface area (Å²) >= 11 is 0. The summed E-state index contributed by atoms with van der Waals surface area (Å²) in [5, 5.41) is 9.34. The summed E-state index contributed by atoms with van der Waals surface area (Å²) in [7, 11) is -3.16. The number of aromatic nitrogens is 2. The van der Waals surface area contributed by atoms with Crippen molar-refractivity contribution in [1.82, 2.24) is 15.5 Å². The first-order chi connectivity index (χ1) is 13.9. The maximum atomic E-state index is 13.1. The van der Waals surface area contributed by atoms with Gasteiger partial charge in [-0.2, -0.15) is 5.10 Å². The number of nitrogens with one attached hydrogen (secondary N) is 2. The van der Waals surface area contributed by atoms with Gasteiger partial charge in [0.25, 0.3) is 11.5 Å². The maximum Gasteiger partial charge on any atom is 0.277 e. The zero-order valence-corrected chi connectivity index (χ0v) is 16.3. The summed E-state index contributed by atoms with van der Waals surface area (Å²) in [6, 6.07) is 17.8. The zero-order valence-electron chi connectivity index (χ0n) is 15.5. The molecule has 2 heterocycles. The first-order valence-corrected chi connectivity index (χ1v) is 11.0. The monoisotopic (exact) mass is 409 g/mol. The number of amides is 1. The molecule has 0 unspecified atom stereocenters. The summed E-state index contributed by atoms with van der Waals surface area (Å²) < 4.78 is 23.4. The standard InChI is InChI=1S/C21H19N3O4S/c25-20(22-16-11-12-29(27,28)13-16)18-17(14-7-3-1-4-8-14)19(23-24-21(18)26)15-9-5-2-6-10-15/h1-10,16H,11-13H2,(H,22,25)(H,24,26)/t16-/m1/s1. The smallest absolute Gasteiger partial charge is 0.277 e. The SMILES string of the molecule is O=C(N[C@@H]1CCS(=O)(=O)C1)c1c(-c2ccccc2)c(-c2ccccc2)n[nH]c1=O. The fourth-order valence-corrected chi connectivity index (χ4v) is 5.20. The van der Waals surface area contributed by atoms with Gasteiger partial charge in [-0.05, 0) is 12.0 Å². The largest absolute Gasteiger partial charge is 0.348 e. The van der Waals surface area contributed by atoms with Gasteiger partial charge in [-0.3, -0.25) is 9.59 Å². The molecule has 1 aromatic heterocycles. The van der Waals surface area contributed by atoms with Gasteiger partial charge in [0.15, 0.2) is 9.84 Å². The van der Waals surface area contributed by atoms with Crippen LogP contribution in [0.1, 0.15) is 16.8 Å². The van der Waals surface area contributed by atoms with Crippen molar-refractivity contribution in [3.63, 3.8) is 0 Å². The second kappa shape index (κ2) is 7.63. The van der Waals surface area contributed by atoms with Crippen LogP contribution in [0.5, 0.6) is 0 Å². The Labute approximate surface area is 167 Å². The molecule has 4 rings (SSSR count). The molecule has 1 aliphatic rings. The third-order valence-corrected chi connectivity index (χ3v) is 6.66. The lowest BCUT2D eigenvalue weighted by Crippen LogP contribution is -2.39. The molecule has 3 aromatic rings. The van der Waals surface area contributed by atoms with Crippen LogP contribution in [0.25, 0.3) is 22.4 Å². The summed E-state index contributed by atoms with van der Waals surface area (Å²) in [5.74, 6) is -0.689. The van der Waals surface area contributed by atoms with E-state index < -0.39 is 27.3 Å². The van der Waals surface area contributed by atoms with Gasteiger partial charge in [-0.25, -0.2) is 13.5 Å². The molecule has 1 fully saturated rings. The number of H-pyrrole nitrogens is 1. The average molecular weight is 409 g/mol. The molecule has 1 atom stereocenters. The highest BCUT2D eigenvalue weighted by molar-refractivity contribution is 7.91. The van der Waals surface area contributed by atoms with E-state index in [2.05, 4.69) is 15.5 Å². The Morgan fingerprint density at radius 1 is 1.00 bits per heavy atom. The number of hydrogen-bond donors (Lipinski definition) is 2. The van der Waals surface area contributed by atoms with Crippen LogP contribution >= 0.6 is 0 Å². The molecule has 0 bridgehead atoms. The van der Waals surface area contributed by atoms with E-state index in [1.165, 1.54) is 0 Å². The minimum atomic E-state index is -3.16. The lowest BCUT2D eigenvalue weighted by Gasteiger charge is -2.16. The summed E-state index contributed by atoms with van der Waals surface area (Å²) in [6.45, 7) is 0. The molecule has 1 amide bonds. The highest BCUT2D eigenvalue weighted by atomic mass is 32.2. The first kappa shape index (κ1) is 19.1. The fourth-order valence-electron chi connectivity index (χ4n) is 3.52. The van der Waals surface area contributed by atoms with Crippen LogP contribution in [0.15, 0.2) is 65.5 Å². The quantitative estimate of drug-likeness (QED) is 0.685. The fraction of sp³-hybridized carbons (Fsp3) is 0.190.